The molecule has 1 fully saturated rings. The summed E-state index contributed by atoms with van der Waals surface area (Å²) in [6, 6.07) is 10.5. The SMILES string of the molecule is O=C(COc1ccc(Cl)cc1Cl)Nc1nnc(C2CC(=O)N(c3ccc(F)cc3)C2)s1. The molecule has 160 valence electrons. The van der Waals surface area contributed by atoms with Crippen molar-refractivity contribution in [3.05, 3.63) is 63.3 Å². The lowest BCUT2D eigenvalue weighted by Gasteiger charge is -2.16. The number of amides is 2. The highest BCUT2D eigenvalue weighted by Gasteiger charge is 2.34. The van der Waals surface area contributed by atoms with E-state index in [2.05, 4.69) is 15.5 Å². The van der Waals surface area contributed by atoms with Crippen molar-refractivity contribution in [3.63, 3.8) is 0 Å². The van der Waals surface area contributed by atoms with Gasteiger partial charge < -0.3 is 9.64 Å². The van der Waals surface area contributed by atoms with E-state index in [-0.39, 0.29) is 30.7 Å². The lowest BCUT2D eigenvalue weighted by molar-refractivity contribution is -0.118. The molecule has 11 heteroatoms. The molecule has 31 heavy (non-hydrogen) atoms. The Morgan fingerprint density at radius 1 is 1.23 bits per heavy atom. The molecule has 0 bridgehead atoms. The normalized spacial score (nSPS) is 15.9. The summed E-state index contributed by atoms with van der Waals surface area (Å²) in [5.74, 6) is -0.692. The van der Waals surface area contributed by atoms with Crippen LogP contribution < -0.4 is 15.0 Å². The van der Waals surface area contributed by atoms with Gasteiger partial charge in [0.1, 0.15) is 16.6 Å². The van der Waals surface area contributed by atoms with Crippen LogP contribution in [0, 0.1) is 5.82 Å². The number of aromatic nitrogens is 2. The fraction of sp³-hybridized carbons (Fsp3) is 0.200. The second-order valence-electron chi connectivity index (χ2n) is 6.74. The van der Waals surface area contributed by atoms with Crippen LogP contribution in [0.2, 0.25) is 10.0 Å². The Kier molecular flexibility index (Phi) is 6.35. The van der Waals surface area contributed by atoms with Crippen molar-refractivity contribution in [1.82, 2.24) is 10.2 Å². The zero-order valence-corrected chi connectivity index (χ0v) is 18.2. The highest BCUT2D eigenvalue weighted by atomic mass is 35.5. The summed E-state index contributed by atoms with van der Waals surface area (Å²) < 4.78 is 18.5. The van der Waals surface area contributed by atoms with Gasteiger partial charge in [0, 0.05) is 29.6 Å². The second-order valence-corrected chi connectivity index (χ2v) is 8.59. The molecule has 2 amide bonds. The molecule has 4 rings (SSSR count). The Morgan fingerprint density at radius 2 is 2.00 bits per heavy atom. The quantitative estimate of drug-likeness (QED) is 0.560. The van der Waals surface area contributed by atoms with Gasteiger partial charge in [-0.15, -0.1) is 10.2 Å². The summed E-state index contributed by atoms with van der Waals surface area (Å²) in [6.07, 6.45) is 0.262. The van der Waals surface area contributed by atoms with Gasteiger partial charge in [0.15, 0.2) is 6.61 Å². The number of hydrogen-bond acceptors (Lipinski definition) is 6. The molecule has 0 spiro atoms. The van der Waals surface area contributed by atoms with Crippen molar-refractivity contribution >= 4 is 57.2 Å². The van der Waals surface area contributed by atoms with Gasteiger partial charge in [0.05, 0.1) is 5.02 Å². The van der Waals surface area contributed by atoms with Crippen molar-refractivity contribution in [2.75, 3.05) is 23.4 Å². The largest absolute Gasteiger partial charge is 0.482 e. The van der Waals surface area contributed by atoms with Crippen molar-refractivity contribution in [1.29, 1.82) is 0 Å². The predicted octanol–water partition coefficient (Wildman–Crippen LogP) is 4.52. The van der Waals surface area contributed by atoms with E-state index in [1.165, 1.54) is 29.5 Å². The Balaban J connectivity index is 1.34. The Morgan fingerprint density at radius 3 is 2.74 bits per heavy atom. The molecule has 3 aromatic rings. The third-order valence-electron chi connectivity index (χ3n) is 4.55. The minimum absolute atomic E-state index is 0.0781. The van der Waals surface area contributed by atoms with Crippen molar-refractivity contribution < 1.29 is 18.7 Å². The van der Waals surface area contributed by atoms with Crippen LogP contribution in [0.1, 0.15) is 17.3 Å². The maximum atomic E-state index is 13.1. The zero-order valence-electron chi connectivity index (χ0n) is 15.8. The number of rotatable bonds is 6. The molecule has 1 aliphatic heterocycles. The Labute approximate surface area is 190 Å². The summed E-state index contributed by atoms with van der Waals surface area (Å²) in [6.45, 7) is 0.141. The summed E-state index contributed by atoms with van der Waals surface area (Å²) in [5.41, 5.74) is 0.630. The topological polar surface area (TPSA) is 84.4 Å². The van der Waals surface area contributed by atoms with Crippen LogP contribution in [0.15, 0.2) is 42.5 Å². The molecular weight excluding hydrogens is 466 g/mol. The van der Waals surface area contributed by atoms with Gasteiger partial charge in [-0.1, -0.05) is 34.5 Å². The molecule has 1 N–H and O–H groups in total. The number of carbonyl (C=O) groups excluding carboxylic acids is 2. The smallest absolute Gasteiger partial charge is 0.264 e. The monoisotopic (exact) mass is 480 g/mol. The average molecular weight is 481 g/mol. The summed E-state index contributed by atoms with van der Waals surface area (Å²) in [4.78, 5) is 26.1. The van der Waals surface area contributed by atoms with Crippen LogP contribution in [0.5, 0.6) is 5.75 Å². The van der Waals surface area contributed by atoms with E-state index in [1.807, 2.05) is 0 Å². The fourth-order valence-corrected chi connectivity index (χ4v) is 4.40. The van der Waals surface area contributed by atoms with Crippen LogP contribution in [0.3, 0.4) is 0 Å². The predicted molar refractivity (Wildman–Crippen MR) is 117 cm³/mol. The van der Waals surface area contributed by atoms with E-state index >= 15 is 0 Å². The number of benzene rings is 2. The zero-order chi connectivity index (χ0) is 22.0. The van der Waals surface area contributed by atoms with Gasteiger partial charge in [-0.3, -0.25) is 14.9 Å². The minimum Gasteiger partial charge on any atom is -0.482 e. The van der Waals surface area contributed by atoms with Gasteiger partial charge in [-0.25, -0.2) is 4.39 Å². The third kappa shape index (κ3) is 5.12. The van der Waals surface area contributed by atoms with Crippen LogP contribution in [-0.4, -0.2) is 35.2 Å². The first-order chi connectivity index (χ1) is 14.9. The van der Waals surface area contributed by atoms with Crippen LogP contribution >= 0.6 is 34.5 Å². The molecule has 7 nitrogen and oxygen atoms in total. The molecule has 1 atom stereocenters. The lowest BCUT2D eigenvalue weighted by Crippen LogP contribution is -2.24. The van der Waals surface area contributed by atoms with Crippen LogP contribution in [-0.2, 0) is 9.59 Å². The molecule has 2 heterocycles. The van der Waals surface area contributed by atoms with Crippen LogP contribution in [0.4, 0.5) is 15.2 Å². The summed E-state index contributed by atoms with van der Waals surface area (Å²) >= 11 is 13.0. The number of hydrogen-bond donors (Lipinski definition) is 1. The Bertz CT molecular complexity index is 1130. The number of nitrogens with one attached hydrogen (secondary N) is 1. The van der Waals surface area contributed by atoms with Crippen LogP contribution in [0.25, 0.3) is 0 Å². The first-order valence-electron chi connectivity index (χ1n) is 9.16. The molecule has 0 aliphatic carbocycles. The standard InChI is InChI=1S/C20H15Cl2FN4O3S/c21-12-1-6-16(15(22)8-12)30-10-17(28)24-20-26-25-19(31-20)11-7-18(29)27(9-11)14-4-2-13(23)3-5-14/h1-6,8,11H,7,9-10H2,(H,24,26,28). The summed E-state index contributed by atoms with van der Waals surface area (Å²) in [7, 11) is 0. The first kappa shape index (κ1) is 21.5. The van der Waals surface area contributed by atoms with E-state index in [1.54, 1.807) is 29.2 Å². The minimum atomic E-state index is -0.427. The molecule has 0 radical (unpaired) electrons. The number of halogens is 3. The van der Waals surface area contributed by atoms with Gasteiger partial charge in [-0.05, 0) is 42.5 Å². The van der Waals surface area contributed by atoms with E-state index in [9.17, 15) is 14.0 Å². The number of nitrogens with zero attached hydrogens (tertiary/aromatic N) is 3. The highest BCUT2D eigenvalue weighted by Crippen LogP contribution is 2.34. The van der Waals surface area contributed by atoms with Gasteiger partial charge in [-0.2, -0.15) is 0 Å². The second kappa shape index (κ2) is 9.17. The molecule has 1 aliphatic rings. The molecule has 1 aromatic heterocycles. The molecule has 1 saturated heterocycles. The van der Waals surface area contributed by atoms with E-state index in [4.69, 9.17) is 27.9 Å². The summed E-state index contributed by atoms with van der Waals surface area (Å²) in [5, 5.41) is 12.4. The number of ether oxygens (including phenoxy) is 1. The third-order valence-corrected chi connectivity index (χ3v) is 6.08. The Hall–Kier alpha value is -2.75. The molecule has 1 unspecified atom stereocenters. The molecular formula is C20H15Cl2FN4O3S. The van der Waals surface area contributed by atoms with Crippen molar-refractivity contribution in [2.45, 2.75) is 12.3 Å². The van der Waals surface area contributed by atoms with E-state index < -0.39 is 5.91 Å². The number of carbonyl (C=O) groups is 2. The molecule has 2 aromatic carbocycles. The van der Waals surface area contributed by atoms with Crippen molar-refractivity contribution in [2.24, 2.45) is 0 Å². The fourth-order valence-electron chi connectivity index (χ4n) is 3.08. The van der Waals surface area contributed by atoms with Gasteiger partial charge >= 0.3 is 0 Å². The lowest BCUT2D eigenvalue weighted by atomic mass is 10.1. The maximum Gasteiger partial charge on any atom is 0.264 e. The molecule has 0 saturated carbocycles. The van der Waals surface area contributed by atoms with Gasteiger partial charge in [0.25, 0.3) is 5.91 Å². The average Bonchev–Trinajstić information content (AvgIpc) is 3.34. The van der Waals surface area contributed by atoms with E-state index in [0.29, 0.717) is 38.2 Å². The maximum absolute atomic E-state index is 13.1. The van der Waals surface area contributed by atoms with Crippen molar-refractivity contribution in [3.8, 4) is 5.75 Å². The van der Waals surface area contributed by atoms with E-state index in [0.717, 1.165) is 0 Å². The highest BCUT2D eigenvalue weighted by molar-refractivity contribution is 7.15. The van der Waals surface area contributed by atoms with Gasteiger partial charge in [0.2, 0.25) is 11.0 Å². The first-order valence-corrected chi connectivity index (χ1v) is 10.7. The number of anilines is 2.